The molecule has 18 heavy (non-hydrogen) atoms. The number of hydrogen-bond donors (Lipinski definition) is 1. The zero-order valence-corrected chi connectivity index (χ0v) is 12.7. The minimum absolute atomic E-state index is 0.540. The summed E-state index contributed by atoms with van der Waals surface area (Å²) in [6.45, 7) is 14.1. The second kappa shape index (κ2) is 8.13. The minimum atomic E-state index is 0.540. The summed E-state index contributed by atoms with van der Waals surface area (Å²) in [5, 5.41) is 0. The molecule has 0 aliphatic carbocycles. The van der Waals surface area contributed by atoms with Crippen molar-refractivity contribution in [1.82, 2.24) is 4.90 Å². The van der Waals surface area contributed by atoms with E-state index in [9.17, 15) is 0 Å². The molecule has 1 aliphatic heterocycles. The fourth-order valence-electron chi connectivity index (χ4n) is 3.02. The third-order valence-electron chi connectivity index (χ3n) is 3.72. The summed E-state index contributed by atoms with van der Waals surface area (Å²) in [7, 11) is 0. The summed E-state index contributed by atoms with van der Waals surface area (Å²) >= 11 is 0. The first-order valence-electron chi connectivity index (χ1n) is 7.56. The Bertz CT molecular complexity index is 203. The summed E-state index contributed by atoms with van der Waals surface area (Å²) in [4.78, 5) is 2.63. The molecule has 1 rings (SSSR count). The SMILES string of the molecule is CC(C)CN(CC(C)C)C(CN)C1CCOCC1. The molecule has 0 saturated carbocycles. The van der Waals surface area contributed by atoms with Crippen LogP contribution in [0.3, 0.4) is 0 Å². The summed E-state index contributed by atoms with van der Waals surface area (Å²) in [6, 6.07) is 0.540. The van der Waals surface area contributed by atoms with Crippen LogP contribution in [-0.2, 0) is 4.74 Å². The van der Waals surface area contributed by atoms with Crippen LogP contribution in [0.1, 0.15) is 40.5 Å². The lowest BCUT2D eigenvalue weighted by atomic mass is 9.89. The average Bonchev–Trinajstić information content (AvgIpc) is 2.29. The molecule has 1 heterocycles. The molecule has 1 aliphatic rings. The van der Waals surface area contributed by atoms with Gasteiger partial charge in [-0.2, -0.15) is 0 Å². The molecule has 0 aromatic rings. The van der Waals surface area contributed by atoms with E-state index >= 15 is 0 Å². The van der Waals surface area contributed by atoms with Crippen molar-refractivity contribution in [1.29, 1.82) is 0 Å². The Morgan fingerprint density at radius 3 is 1.94 bits per heavy atom. The van der Waals surface area contributed by atoms with Crippen molar-refractivity contribution in [3.63, 3.8) is 0 Å². The van der Waals surface area contributed by atoms with Gasteiger partial charge in [-0.05, 0) is 30.6 Å². The van der Waals surface area contributed by atoms with Crippen LogP contribution in [0.2, 0.25) is 0 Å². The number of nitrogens with two attached hydrogens (primary N) is 1. The van der Waals surface area contributed by atoms with Gasteiger partial charge in [0.25, 0.3) is 0 Å². The predicted molar refractivity (Wildman–Crippen MR) is 77.6 cm³/mol. The van der Waals surface area contributed by atoms with Crippen molar-refractivity contribution in [2.45, 2.75) is 46.6 Å². The molecule has 0 amide bonds. The quantitative estimate of drug-likeness (QED) is 0.760. The molecule has 3 heteroatoms. The lowest BCUT2D eigenvalue weighted by Gasteiger charge is -2.40. The molecule has 0 aromatic heterocycles. The highest BCUT2D eigenvalue weighted by molar-refractivity contribution is 4.83. The summed E-state index contributed by atoms with van der Waals surface area (Å²) in [6.07, 6.45) is 2.35. The maximum absolute atomic E-state index is 6.07. The topological polar surface area (TPSA) is 38.5 Å². The highest BCUT2D eigenvalue weighted by Gasteiger charge is 2.28. The first-order chi connectivity index (χ1) is 8.54. The van der Waals surface area contributed by atoms with Crippen molar-refractivity contribution in [2.24, 2.45) is 23.5 Å². The molecule has 0 aromatic carbocycles. The first-order valence-corrected chi connectivity index (χ1v) is 7.56. The Labute approximate surface area is 113 Å². The van der Waals surface area contributed by atoms with Gasteiger partial charge in [-0.25, -0.2) is 0 Å². The van der Waals surface area contributed by atoms with Crippen molar-refractivity contribution in [3.05, 3.63) is 0 Å². The number of nitrogens with zero attached hydrogens (tertiary/aromatic N) is 1. The van der Waals surface area contributed by atoms with E-state index in [1.807, 2.05) is 0 Å². The third-order valence-corrected chi connectivity index (χ3v) is 3.72. The Morgan fingerprint density at radius 2 is 1.56 bits per heavy atom. The van der Waals surface area contributed by atoms with Gasteiger partial charge in [-0.15, -0.1) is 0 Å². The van der Waals surface area contributed by atoms with Crippen LogP contribution >= 0.6 is 0 Å². The normalized spacial score (nSPS) is 20.0. The van der Waals surface area contributed by atoms with Crippen LogP contribution in [0.25, 0.3) is 0 Å². The molecule has 0 radical (unpaired) electrons. The Kier molecular flexibility index (Phi) is 7.20. The van der Waals surface area contributed by atoms with Crippen LogP contribution in [0.4, 0.5) is 0 Å². The van der Waals surface area contributed by atoms with Gasteiger partial charge in [0, 0.05) is 38.9 Å². The van der Waals surface area contributed by atoms with Gasteiger partial charge in [0.15, 0.2) is 0 Å². The van der Waals surface area contributed by atoms with E-state index < -0.39 is 0 Å². The lowest BCUT2D eigenvalue weighted by Crippen LogP contribution is -2.49. The van der Waals surface area contributed by atoms with Gasteiger partial charge < -0.3 is 10.5 Å². The molecule has 0 spiro atoms. The molecule has 1 fully saturated rings. The van der Waals surface area contributed by atoms with E-state index in [4.69, 9.17) is 10.5 Å². The van der Waals surface area contributed by atoms with Crippen LogP contribution in [0.15, 0.2) is 0 Å². The summed E-state index contributed by atoms with van der Waals surface area (Å²) in [5.74, 6) is 2.14. The third kappa shape index (κ3) is 5.25. The van der Waals surface area contributed by atoms with E-state index in [1.165, 1.54) is 12.8 Å². The van der Waals surface area contributed by atoms with Crippen molar-refractivity contribution in [3.8, 4) is 0 Å². The Hall–Kier alpha value is -0.120. The van der Waals surface area contributed by atoms with E-state index in [2.05, 4.69) is 32.6 Å². The van der Waals surface area contributed by atoms with Crippen LogP contribution in [0.5, 0.6) is 0 Å². The van der Waals surface area contributed by atoms with Crippen molar-refractivity contribution in [2.75, 3.05) is 32.8 Å². The van der Waals surface area contributed by atoms with Gasteiger partial charge in [-0.3, -0.25) is 4.90 Å². The van der Waals surface area contributed by atoms with Crippen LogP contribution in [-0.4, -0.2) is 43.8 Å². The van der Waals surface area contributed by atoms with Gasteiger partial charge in [-0.1, -0.05) is 27.7 Å². The van der Waals surface area contributed by atoms with E-state index in [1.54, 1.807) is 0 Å². The number of rotatable bonds is 7. The van der Waals surface area contributed by atoms with Crippen molar-refractivity contribution < 1.29 is 4.74 Å². The molecule has 2 N–H and O–H groups in total. The molecule has 108 valence electrons. The Balaban J connectivity index is 2.64. The zero-order valence-electron chi connectivity index (χ0n) is 12.7. The molecule has 1 atom stereocenters. The molecule has 0 bridgehead atoms. The number of hydrogen-bond acceptors (Lipinski definition) is 3. The minimum Gasteiger partial charge on any atom is -0.381 e. The maximum atomic E-state index is 6.07. The molecular formula is C15H32N2O. The highest BCUT2D eigenvalue weighted by Crippen LogP contribution is 2.23. The van der Waals surface area contributed by atoms with Gasteiger partial charge in [0.2, 0.25) is 0 Å². The molecular weight excluding hydrogens is 224 g/mol. The summed E-state index contributed by atoms with van der Waals surface area (Å²) < 4.78 is 5.48. The largest absolute Gasteiger partial charge is 0.381 e. The monoisotopic (exact) mass is 256 g/mol. The molecule has 3 nitrogen and oxygen atoms in total. The molecule has 1 saturated heterocycles. The standard InChI is InChI=1S/C15H32N2O/c1-12(2)10-17(11-13(3)4)15(9-16)14-5-7-18-8-6-14/h12-15H,5-11,16H2,1-4H3. The number of ether oxygens (including phenoxy) is 1. The van der Waals surface area contributed by atoms with E-state index in [0.717, 1.165) is 38.8 Å². The van der Waals surface area contributed by atoms with Gasteiger partial charge >= 0.3 is 0 Å². The lowest BCUT2D eigenvalue weighted by molar-refractivity contribution is 0.0214. The van der Waals surface area contributed by atoms with Crippen LogP contribution in [0, 0.1) is 17.8 Å². The van der Waals surface area contributed by atoms with E-state index in [-0.39, 0.29) is 0 Å². The second-order valence-electron chi connectivity index (χ2n) is 6.49. The smallest absolute Gasteiger partial charge is 0.0469 e. The van der Waals surface area contributed by atoms with Crippen LogP contribution < -0.4 is 5.73 Å². The fraction of sp³-hybridized carbons (Fsp3) is 1.00. The maximum Gasteiger partial charge on any atom is 0.0469 e. The molecule has 1 unspecified atom stereocenters. The van der Waals surface area contributed by atoms with Gasteiger partial charge in [0.1, 0.15) is 0 Å². The fourth-order valence-corrected chi connectivity index (χ4v) is 3.02. The predicted octanol–water partition coefficient (Wildman–Crippen LogP) is 2.35. The first kappa shape index (κ1) is 15.9. The zero-order chi connectivity index (χ0) is 13.5. The summed E-state index contributed by atoms with van der Waals surface area (Å²) in [5.41, 5.74) is 6.07. The van der Waals surface area contributed by atoms with Gasteiger partial charge in [0.05, 0.1) is 0 Å². The van der Waals surface area contributed by atoms with E-state index in [0.29, 0.717) is 17.9 Å². The van der Waals surface area contributed by atoms with Crippen molar-refractivity contribution >= 4 is 0 Å². The average molecular weight is 256 g/mol. The second-order valence-corrected chi connectivity index (χ2v) is 6.49. The highest BCUT2D eigenvalue weighted by atomic mass is 16.5. The Morgan fingerprint density at radius 1 is 1.06 bits per heavy atom.